The predicted molar refractivity (Wildman–Crippen MR) is 89.1 cm³/mol. The highest BCUT2D eigenvalue weighted by atomic mass is 35.5. The van der Waals surface area contributed by atoms with E-state index in [-0.39, 0.29) is 0 Å². The molecule has 0 aliphatic rings. The monoisotopic (exact) mass is 295 g/mol. The summed E-state index contributed by atoms with van der Waals surface area (Å²) >= 11 is 6.10. The molecule has 1 heterocycles. The molecule has 104 valence electrons. The minimum atomic E-state index is 0.679. The Balaban J connectivity index is 1.90. The number of rotatable bonds is 3. The molecule has 0 bridgehead atoms. The number of hydrazone groups is 1. The molecule has 2 aromatic carbocycles. The molecular weight excluding hydrogens is 282 g/mol. The third kappa shape index (κ3) is 3.03. The first-order chi connectivity index (χ1) is 10.2. The van der Waals surface area contributed by atoms with E-state index in [0.29, 0.717) is 5.02 Å². The minimum absolute atomic E-state index is 0.679. The average molecular weight is 296 g/mol. The minimum Gasteiger partial charge on any atom is -0.278 e. The van der Waals surface area contributed by atoms with E-state index in [0.717, 1.165) is 27.8 Å². The Kier molecular flexibility index (Phi) is 3.84. The van der Waals surface area contributed by atoms with Crippen LogP contribution in [-0.4, -0.2) is 11.2 Å². The second-order valence-corrected chi connectivity index (χ2v) is 5.13. The Bertz CT molecular complexity index is 812. The van der Waals surface area contributed by atoms with E-state index in [1.165, 1.54) is 0 Å². The Hall–Kier alpha value is -2.39. The van der Waals surface area contributed by atoms with Gasteiger partial charge in [-0.05, 0) is 25.1 Å². The van der Waals surface area contributed by atoms with Gasteiger partial charge in [0.25, 0.3) is 0 Å². The molecule has 4 heteroatoms. The molecule has 0 radical (unpaired) electrons. The summed E-state index contributed by atoms with van der Waals surface area (Å²) in [6.45, 7) is 1.97. The first-order valence-electron chi connectivity index (χ1n) is 6.64. The maximum Gasteiger partial charge on any atom is 0.0726 e. The van der Waals surface area contributed by atoms with Gasteiger partial charge in [0.1, 0.15) is 0 Å². The van der Waals surface area contributed by atoms with E-state index in [2.05, 4.69) is 15.5 Å². The largest absolute Gasteiger partial charge is 0.278 e. The molecule has 0 saturated heterocycles. The Morgan fingerprint density at radius 1 is 1.10 bits per heavy atom. The quantitative estimate of drug-likeness (QED) is 0.564. The molecule has 3 rings (SSSR count). The predicted octanol–water partition coefficient (Wildman–Crippen LogP) is 4.64. The van der Waals surface area contributed by atoms with Gasteiger partial charge in [-0.2, -0.15) is 5.10 Å². The van der Waals surface area contributed by atoms with Crippen LogP contribution in [0.25, 0.3) is 10.9 Å². The zero-order chi connectivity index (χ0) is 14.7. The van der Waals surface area contributed by atoms with Gasteiger partial charge in [0.05, 0.1) is 17.4 Å². The van der Waals surface area contributed by atoms with Gasteiger partial charge in [-0.15, -0.1) is 0 Å². The molecule has 0 unspecified atom stereocenters. The van der Waals surface area contributed by atoms with Gasteiger partial charge in [0, 0.05) is 21.7 Å². The Morgan fingerprint density at radius 3 is 2.71 bits per heavy atom. The van der Waals surface area contributed by atoms with Crippen molar-refractivity contribution in [1.29, 1.82) is 0 Å². The second-order valence-electron chi connectivity index (χ2n) is 4.72. The van der Waals surface area contributed by atoms with Gasteiger partial charge >= 0.3 is 0 Å². The van der Waals surface area contributed by atoms with Crippen LogP contribution in [0.4, 0.5) is 5.69 Å². The zero-order valence-electron chi connectivity index (χ0n) is 11.5. The van der Waals surface area contributed by atoms with Crippen molar-refractivity contribution >= 4 is 34.4 Å². The van der Waals surface area contributed by atoms with E-state index in [1.807, 2.05) is 61.5 Å². The number of nitrogens with zero attached hydrogens (tertiary/aromatic N) is 2. The number of anilines is 1. The lowest BCUT2D eigenvalue weighted by atomic mass is 10.1. The van der Waals surface area contributed by atoms with Crippen molar-refractivity contribution in [3.05, 3.63) is 70.9 Å². The third-order valence-electron chi connectivity index (χ3n) is 3.14. The Morgan fingerprint density at radius 2 is 1.86 bits per heavy atom. The van der Waals surface area contributed by atoms with Gasteiger partial charge in [-0.3, -0.25) is 10.4 Å². The lowest BCUT2D eigenvalue weighted by molar-refractivity contribution is 1.24. The van der Waals surface area contributed by atoms with Gasteiger partial charge in [-0.25, -0.2) is 0 Å². The van der Waals surface area contributed by atoms with Crippen LogP contribution >= 0.6 is 11.6 Å². The molecule has 1 N–H and O–H groups in total. The summed E-state index contributed by atoms with van der Waals surface area (Å²) < 4.78 is 0. The number of aryl methyl sites for hydroxylation is 1. The number of fused-ring (bicyclic) bond motifs is 1. The average Bonchev–Trinajstić information content (AvgIpc) is 2.49. The van der Waals surface area contributed by atoms with Gasteiger partial charge in [0.2, 0.25) is 0 Å². The van der Waals surface area contributed by atoms with Crippen molar-refractivity contribution in [3.8, 4) is 0 Å². The summed E-state index contributed by atoms with van der Waals surface area (Å²) in [5.41, 5.74) is 6.78. The molecule has 0 fully saturated rings. The molecular formula is C17H14ClN3. The Labute approximate surface area is 128 Å². The van der Waals surface area contributed by atoms with Crippen LogP contribution in [0.2, 0.25) is 5.02 Å². The molecule has 0 amide bonds. The summed E-state index contributed by atoms with van der Waals surface area (Å²) in [5.74, 6) is 0. The molecule has 1 aromatic heterocycles. The fraction of sp³-hybridized carbons (Fsp3) is 0.0588. The van der Waals surface area contributed by atoms with Crippen LogP contribution in [0.15, 0.2) is 59.7 Å². The summed E-state index contributed by atoms with van der Waals surface area (Å²) in [5, 5.41) is 6.00. The number of halogens is 1. The van der Waals surface area contributed by atoms with E-state index in [9.17, 15) is 0 Å². The summed E-state index contributed by atoms with van der Waals surface area (Å²) in [4.78, 5) is 4.50. The highest BCUT2D eigenvalue weighted by Gasteiger charge is 2.02. The molecule has 0 aliphatic carbocycles. The number of aromatic nitrogens is 1. The number of pyridine rings is 1. The van der Waals surface area contributed by atoms with E-state index in [4.69, 9.17) is 11.6 Å². The molecule has 0 atom stereocenters. The molecule has 0 saturated carbocycles. The van der Waals surface area contributed by atoms with Crippen molar-refractivity contribution in [1.82, 2.24) is 4.98 Å². The highest BCUT2D eigenvalue weighted by molar-refractivity contribution is 6.33. The lowest BCUT2D eigenvalue weighted by Crippen LogP contribution is -1.95. The number of benzene rings is 2. The van der Waals surface area contributed by atoms with Gasteiger partial charge in [-0.1, -0.05) is 48.0 Å². The van der Waals surface area contributed by atoms with Crippen LogP contribution in [0, 0.1) is 6.92 Å². The van der Waals surface area contributed by atoms with Crippen molar-refractivity contribution in [3.63, 3.8) is 0 Å². The molecule has 0 aliphatic heterocycles. The molecule has 21 heavy (non-hydrogen) atoms. The molecule has 3 aromatic rings. The number of para-hydroxylation sites is 1. The zero-order valence-corrected chi connectivity index (χ0v) is 12.3. The van der Waals surface area contributed by atoms with Crippen LogP contribution < -0.4 is 5.43 Å². The summed E-state index contributed by atoms with van der Waals surface area (Å²) in [6, 6.07) is 17.5. The number of nitrogens with one attached hydrogen (secondary N) is 1. The first-order valence-corrected chi connectivity index (χ1v) is 7.02. The molecule has 0 spiro atoms. The van der Waals surface area contributed by atoms with Crippen molar-refractivity contribution in [2.45, 2.75) is 6.92 Å². The topological polar surface area (TPSA) is 37.3 Å². The highest BCUT2D eigenvalue weighted by Crippen LogP contribution is 2.22. The van der Waals surface area contributed by atoms with Crippen LogP contribution in [0.5, 0.6) is 0 Å². The molecule has 3 nitrogen and oxygen atoms in total. The van der Waals surface area contributed by atoms with Crippen LogP contribution in [0.3, 0.4) is 0 Å². The number of hydrogen-bond acceptors (Lipinski definition) is 3. The summed E-state index contributed by atoms with van der Waals surface area (Å²) in [6.07, 6.45) is 1.72. The lowest BCUT2D eigenvalue weighted by Gasteiger charge is -2.06. The fourth-order valence-electron chi connectivity index (χ4n) is 2.15. The summed E-state index contributed by atoms with van der Waals surface area (Å²) in [7, 11) is 0. The van der Waals surface area contributed by atoms with Crippen molar-refractivity contribution in [2.24, 2.45) is 5.10 Å². The van der Waals surface area contributed by atoms with E-state index < -0.39 is 0 Å². The van der Waals surface area contributed by atoms with Crippen LogP contribution in [0.1, 0.15) is 11.3 Å². The third-order valence-corrected chi connectivity index (χ3v) is 3.48. The number of hydrogen-bond donors (Lipinski definition) is 1. The smallest absolute Gasteiger partial charge is 0.0726 e. The fourth-order valence-corrected chi connectivity index (χ4v) is 2.34. The van der Waals surface area contributed by atoms with Gasteiger partial charge < -0.3 is 0 Å². The normalized spacial score (nSPS) is 11.1. The van der Waals surface area contributed by atoms with Crippen LogP contribution in [-0.2, 0) is 0 Å². The maximum atomic E-state index is 6.10. The maximum absolute atomic E-state index is 6.10. The SMILES string of the molecule is Cc1cc(N/N=C/c2ccccc2Cl)c2ccccc2n1. The standard InChI is InChI=1S/C17H14ClN3/c1-12-10-17(14-7-3-5-9-16(14)20-12)21-19-11-13-6-2-4-8-15(13)18/h2-11H,1H3,(H,20,21)/b19-11+. The van der Waals surface area contributed by atoms with E-state index in [1.54, 1.807) is 6.21 Å². The van der Waals surface area contributed by atoms with E-state index >= 15 is 0 Å². The van der Waals surface area contributed by atoms with Crippen molar-refractivity contribution in [2.75, 3.05) is 5.43 Å². The first kappa shape index (κ1) is 13.6. The van der Waals surface area contributed by atoms with Crippen molar-refractivity contribution < 1.29 is 0 Å². The van der Waals surface area contributed by atoms with Gasteiger partial charge in [0.15, 0.2) is 0 Å². The second kappa shape index (κ2) is 5.94.